The summed E-state index contributed by atoms with van der Waals surface area (Å²) >= 11 is 0. The van der Waals surface area contributed by atoms with Crippen LogP contribution in [0.3, 0.4) is 0 Å². The summed E-state index contributed by atoms with van der Waals surface area (Å²) in [6, 6.07) is 0. The van der Waals surface area contributed by atoms with Crippen molar-refractivity contribution >= 4 is 5.97 Å². The van der Waals surface area contributed by atoms with Gasteiger partial charge in [-0.15, -0.1) is 0 Å². The molecule has 5 heteroatoms. The van der Waals surface area contributed by atoms with Gasteiger partial charge in [0.15, 0.2) is 5.82 Å². The standard InChI is InChI=1S/C10H16N2O3/c1-8(10-11-7-15-12-10)5-3-2-4-6-9(13)14/h7-8H,2-6H2,1H3,(H,13,14). The van der Waals surface area contributed by atoms with Crippen LogP contribution in [0.4, 0.5) is 0 Å². The van der Waals surface area contributed by atoms with Gasteiger partial charge in [-0.1, -0.05) is 24.9 Å². The van der Waals surface area contributed by atoms with E-state index < -0.39 is 5.97 Å². The molecule has 0 aromatic carbocycles. The second-order valence-corrected chi connectivity index (χ2v) is 3.68. The molecule has 84 valence electrons. The Kier molecular flexibility index (Phi) is 4.80. The third-order valence-corrected chi connectivity index (χ3v) is 2.35. The zero-order valence-electron chi connectivity index (χ0n) is 8.85. The molecule has 0 fully saturated rings. The van der Waals surface area contributed by atoms with Crippen LogP contribution in [0.1, 0.15) is 50.8 Å². The predicted octanol–water partition coefficient (Wildman–Crippen LogP) is 2.21. The normalized spacial score (nSPS) is 12.6. The van der Waals surface area contributed by atoms with E-state index in [0.29, 0.717) is 0 Å². The van der Waals surface area contributed by atoms with Gasteiger partial charge in [0.1, 0.15) is 0 Å². The van der Waals surface area contributed by atoms with Gasteiger partial charge in [0.2, 0.25) is 6.39 Å². The number of hydrogen-bond donors (Lipinski definition) is 1. The number of unbranched alkanes of at least 4 members (excludes halogenated alkanes) is 2. The number of aliphatic carboxylic acids is 1. The van der Waals surface area contributed by atoms with E-state index in [1.54, 1.807) is 0 Å². The lowest BCUT2D eigenvalue weighted by molar-refractivity contribution is -0.137. The number of aromatic nitrogens is 2. The fourth-order valence-corrected chi connectivity index (χ4v) is 1.43. The summed E-state index contributed by atoms with van der Waals surface area (Å²) in [6.07, 6.45) is 5.25. The van der Waals surface area contributed by atoms with Gasteiger partial charge in [-0.05, 0) is 12.8 Å². The van der Waals surface area contributed by atoms with Crippen molar-refractivity contribution in [1.29, 1.82) is 0 Å². The highest BCUT2D eigenvalue weighted by molar-refractivity contribution is 5.66. The second kappa shape index (κ2) is 6.16. The summed E-state index contributed by atoms with van der Waals surface area (Å²) in [5, 5.41) is 12.2. The second-order valence-electron chi connectivity index (χ2n) is 3.68. The van der Waals surface area contributed by atoms with Crippen LogP contribution in [0.2, 0.25) is 0 Å². The van der Waals surface area contributed by atoms with E-state index in [9.17, 15) is 4.79 Å². The monoisotopic (exact) mass is 212 g/mol. The van der Waals surface area contributed by atoms with Crippen molar-refractivity contribution in [2.75, 3.05) is 0 Å². The minimum absolute atomic E-state index is 0.261. The Bertz CT molecular complexity index is 285. The summed E-state index contributed by atoms with van der Waals surface area (Å²) in [7, 11) is 0. The molecule has 1 atom stereocenters. The Labute approximate surface area is 88.5 Å². The molecule has 0 saturated heterocycles. The molecule has 0 spiro atoms. The topological polar surface area (TPSA) is 76.2 Å². The van der Waals surface area contributed by atoms with Gasteiger partial charge in [0.05, 0.1) is 0 Å². The van der Waals surface area contributed by atoms with Crippen molar-refractivity contribution in [3.8, 4) is 0 Å². The van der Waals surface area contributed by atoms with Gasteiger partial charge in [-0.3, -0.25) is 4.79 Å². The highest BCUT2D eigenvalue weighted by atomic mass is 16.5. The van der Waals surface area contributed by atoms with Crippen LogP contribution in [0.5, 0.6) is 0 Å². The minimum atomic E-state index is -0.721. The summed E-state index contributed by atoms with van der Waals surface area (Å²) < 4.78 is 4.66. The fourth-order valence-electron chi connectivity index (χ4n) is 1.43. The highest BCUT2D eigenvalue weighted by Gasteiger charge is 2.09. The minimum Gasteiger partial charge on any atom is -0.481 e. The molecule has 1 aromatic rings. The van der Waals surface area contributed by atoms with E-state index in [-0.39, 0.29) is 12.3 Å². The molecule has 0 aliphatic rings. The third-order valence-electron chi connectivity index (χ3n) is 2.35. The van der Waals surface area contributed by atoms with Crippen LogP contribution >= 0.6 is 0 Å². The van der Waals surface area contributed by atoms with Crippen LogP contribution in [0.15, 0.2) is 10.9 Å². The van der Waals surface area contributed by atoms with Crippen molar-refractivity contribution < 1.29 is 14.4 Å². The lowest BCUT2D eigenvalue weighted by Crippen LogP contribution is -1.97. The largest absolute Gasteiger partial charge is 0.481 e. The Morgan fingerprint density at radius 1 is 1.53 bits per heavy atom. The van der Waals surface area contributed by atoms with Gasteiger partial charge < -0.3 is 9.63 Å². The highest BCUT2D eigenvalue weighted by Crippen LogP contribution is 2.18. The number of carbonyl (C=O) groups is 1. The van der Waals surface area contributed by atoms with E-state index >= 15 is 0 Å². The first-order valence-corrected chi connectivity index (χ1v) is 5.18. The molecule has 1 N–H and O–H groups in total. The van der Waals surface area contributed by atoms with Crippen LogP contribution in [0.25, 0.3) is 0 Å². The molecule has 1 unspecified atom stereocenters. The van der Waals surface area contributed by atoms with E-state index in [1.165, 1.54) is 6.39 Å². The molecule has 0 amide bonds. The molecule has 5 nitrogen and oxygen atoms in total. The summed E-state index contributed by atoms with van der Waals surface area (Å²) in [5.74, 6) is 0.294. The molecule has 0 saturated carbocycles. The van der Waals surface area contributed by atoms with Gasteiger partial charge >= 0.3 is 5.97 Å². The number of carboxylic acids is 1. The maximum absolute atomic E-state index is 10.3. The molecule has 1 rings (SSSR count). The molecular weight excluding hydrogens is 196 g/mol. The van der Waals surface area contributed by atoms with Crippen molar-refractivity contribution in [2.24, 2.45) is 0 Å². The Morgan fingerprint density at radius 2 is 2.33 bits per heavy atom. The number of hydrogen-bond acceptors (Lipinski definition) is 4. The maximum Gasteiger partial charge on any atom is 0.303 e. The SMILES string of the molecule is CC(CCCCCC(=O)O)c1ncon1. The van der Waals surface area contributed by atoms with E-state index in [2.05, 4.69) is 14.7 Å². The van der Waals surface area contributed by atoms with Crippen LogP contribution in [-0.2, 0) is 4.79 Å². The van der Waals surface area contributed by atoms with Crippen molar-refractivity contribution in [2.45, 2.75) is 44.9 Å². The average molecular weight is 212 g/mol. The summed E-state index contributed by atoms with van der Waals surface area (Å²) in [5.41, 5.74) is 0. The number of carboxylic acid groups (broad SMARTS) is 1. The maximum atomic E-state index is 10.3. The number of nitrogens with zero attached hydrogens (tertiary/aromatic N) is 2. The van der Waals surface area contributed by atoms with Gasteiger partial charge in [0, 0.05) is 12.3 Å². The molecule has 0 bridgehead atoms. The first-order valence-electron chi connectivity index (χ1n) is 5.18. The fraction of sp³-hybridized carbons (Fsp3) is 0.700. The van der Waals surface area contributed by atoms with Crippen molar-refractivity contribution in [1.82, 2.24) is 10.1 Å². The molecule has 1 aromatic heterocycles. The molecule has 0 aliphatic heterocycles. The van der Waals surface area contributed by atoms with Crippen LogP contribution in [0, 0.1) is 0 Å². The molecule has 1 heterocycles. The number of rotatable bonds is 7. The molecular formula is C10H16N2O3. The molecule has 0 aliphatic carbocycles. The van der Waals surface area contributed by atoms with Crippen molar-refractivity contribution in [3.05, 3.63) is 12.2 Å². The van der Waals surface area contributed by atoms with Gasteiger partial charge in [0.25, 0.3) is 0 Å². The third kappa shape index (κ3) is 4.58. The van der Waals surface area contributed by atoms with E-state index in [0.717, 1.165) is 31.5 Å². The zero-order chi connectivity index (χ0) is 11.1. The van der Waals surface area contributed by atoms with Crippen LogP contribution < -0.4 is 0 Å². The first-order chi connectivity index (χ1) is 7.20. The first kappa shape index (κ1) is 11.7. The zero-order valence-corrected chi connectivity index (χ0v) is 8.85. The average Bonchev–Trinajstić information content (AvgIpc) is 2.69. The van der Waals surface area contributed by atoms with Crippen LogP contribution in [-0.4, -0.2) is 21.2 Å². The predicted molar refractivity (Wildman–Crippen MR) is 53.4 cm³/mol. The van der Waals surface area contributed by atoms with Gasteiger partial charge in [-0.25, -0.2) is 0 Å². The van der Waals surface area contributed by atoms with Crippen molar-refractivity contribution in [3.63, 3.8) is 0 Å². The molecule has 15 heavy (non-hydrogen) atoms. The summed E-state index contributed by atoms with van der Waals surface area (Å²) in [6.45, 7) is 2.04. The van der Waals surface area contributed by atoms with E-state index in [4.69, 9.17) is 5.11 Å². The Balaban J connectivity index is 2.08. The lowest BCUT2D eigenvalue weighted by atomic mass is 10.0. The lowest BCUT2D eigenvalue weighted by Gasteiger charge is -2.05. The Hall–Kier alpha value is -1.39. The quantitative estimate of drug-likeness (QED) is 0.701. The van der Waals surface area contributed by atoms with Gasteiger partial charge in [-0.2, -0.15) is 4.98 Å². The van der Waals surface area contributed by atoms with E-state index in [1.807, 2.05) is 6.92 Å². The smallest absolute Gasteiger partial charge is 0.303 e. The Morgan fingerprint density at radius 3 is 2.93 bits per heavy atom. The molecule has 0 radical (unpaired) electrons. The summed E-state index contributed by atoms with van der Waals surface area (Å²) in [4.78, 5) is 14.2.